The maximum absolute atomic E-state index is 10.2. The highest BCUT2D eigenvalue weighted by Crippen LogP contribution is 2.51. The SMILES string of the molecule is C[C@@H]1[C@@H](O)[C@@H](C)CO[C@]12OCC[C@H](O)C2(C)C. The lowest BCUT2D eigenvalue weighted by Crippen LogP contribution is -2.67. The van der Waals surface area contributed by atoms with Crippen LogP contribution in [0.15, 0.2) is 0 Å². The fourth-order valence-electron chi connectivity index (χ4n) is 3.25. The minimum atomic E-state index is -0.864. The molecule has 4 nitrogen and oxygen atoms in total. The van der Waals surface area contributed by atoms with Crippen LogP contribution in [0.2, 0.25) is 0 Å². The third-order valence-corrected chi connectivity index (χ3v) is 4.69. The van der Waals surface area contributed by atoms with E-state index in [9.17, 15) is 10.2 Å². The van der Waals surface area contributed by atoms with Crippen molar-refractivity contribution < 1.29 is 19.7 Å². The predicted octanol–water partition coefficient (Wildman–Crippen LogP) is 1.15. The summed E-state index contributed by atoms with van der Waals surface area (Å²) in [6.45, 7) is 8.78. The molecule has 5 atom stereocenters. The van der Waals surface area contributed by atoms with Crippen molar-refractivity contribution in [1.29, 1.82) is 0 Å². The summed E-state index contributed by atoms with van der Waals surface area (Å²) in [4.78, 5) is 0. The Morgan fingerprint density at radius 1 is 1.12 bits per heavy atom. The molecule has 0 unspecified atom stereocenters. The van der Waals surface area contributed by atoms with E-state index in [1.165, 1.54) is 0 Å². The quantitative estimate of drug-likeness (QED) is 0.671. The highest BCUT2D eigenvalue weighted by molar-refractivity contribution is 5.03. The summed E-state index contributed by atoms with van der Waals surface area (Å²) >= 11 is 0. The van der Waals surface area contributed by atoms with Crippen LogP contribution in [0.3, 0.4) is 0 Å². The van der Waals surface area contributed by atoms with Crippen molar-refractivity contribution in [3.63, 3.8) is 0 Å². The van der Waals surface area contributed by atoms with Gasteiger partial charge in [0.1, 0.15) is 0 Å². The van der Waals surface area contributed by atoms with E-state index in [0.29, 0.717) is 19.6 Å². The monoisotopic (exact) mass is 244 g/mol. The Morgan fingerprint density at radius 3 is 2.41 bits per heavy atom. The third-order valence-electron chi connectivity index (χ3n) is 4.69. The molecule has 2 N–H and O–H groups in total. The second-order valence-corrected chi connectivity index (χ2v) is 6.11. The van der Waals surface area contributed by atoms with Crippen LogP contribution in [0.1, 0.15) is 34.1 Å². The lowest BCUT2D eigenvalue weighted by molar-refractivity contribution is -0.386. The number of aliphatic hydroxyl groups is 2. The van der Waals surface area contributed by atoms with Crippen molar-refractivity contribution in [2.24, 2.45) is 17.3 Å². The summed E-state index contributed by atoms with van der Waals surface area (Å²) < 4.78 is 11.8. The molecule has 2 aliphatic heterocycles. The molecule has 2 rings (SSSR count). The zero-order valence-corrected chi connectivity index (χ0v) is 11.1. The summed E-state index contributed by atoms with van der Waals surface area (Å²) in [6.07, 6.45) is -0.288. The van der Waals surface area contributed by atoms with Gasteiger partial charge >= 0.3 is 0 Å². The van der Waals surface area contributed by atoms with Crippen LogP contribution in [0, 0.1) is 17.3 Å². The number of aliphatic hydroxyl groups excluding tert-OH is 2. The van der Waals surface area contributed by atoms with E-state index < -0.39 is 23.4 Å². The predicted molar refractivity (Wildman–Crippen MR) is 63.4 cm³/mol. The Balaban J connectivity index is 2.34. The van der Waals surface area contributed by atoms with E-state index in [1.807, 2.05) is 27.7 Å². The summed E-state index contributed by atoms with van der Waals surface area (Å²) in [5, 5.41) is 20.4. The minimum absolute atomic E-state index is 0.106. The number of ether oxygens (including phenoxy) is 2. The van der Waals surface area contributed by atoms with Gasteiger partial charge in [-0.3, -0.25) is 0 Å². The molecule has 100 valence electrons. The minimum Gasteiger partial charge on any atom is -0.392 e. The first-order valence-corrected chi connectivity index (χ1v) is 6.47. The first-order valence-electron chi connectivity index (χ1n) is 6.47. The highest BCUT2D eigenvalue weighted by Gasteiger charge is 2.61. The van der Waals surface area contributed by atoms with Crippen LogP contribution in [0.5, 0.6) is 0 Å². The Labute approximate surface area is 103 Å². The van der Waals surface area contributed by atoms with Crippen molar-refractivity contribution in [1.82, 2.24) is 0 Å². The zero-order chi connectivity index (χ0) is 12.8. The van der Waals surface area contributed by atoms with Gasteiger partial charge in [-0.05, 0) is 6.42 Å². The molecule has 2 saturated heterocycles. The first kappa shape index (κ1) is 13.3. The molecule has 2 aliphatic rings. The van der Waals surface area contributed by atoms with E-state index in [2.05, 4.69) is 0 Å². The molecule has 17 heavy (non-hydrogen) atoms. The van der Waals surface area contributed by atoms with Gasteiger partial charge in [-0.15, -0.1) is 0 Å². The Kier molecular flexibility index (Phi) is 3.28. The van der Waals surface area contributed by atoms with Crippen LogP contribution >= 0.6 is 0 Å². The maximum Gasteiger partial charge on any atom is 0.180 e. The number of hydrogen-bond acceptors (Lipinski definition) is 4. The van der Waals surface area contributed by atoms with Crippen molar-refractivity contribution in [3.05, 3.63) is 0 Å². The van der Waals surface area contributed by atoms with Gasteiger partial charge in [-0.25, -0.2) is 0 Å². The Hall–Kier alpha value is -0.160. The molecule has 2 heterocycles. The summed E-state index contributed by atoms with van der Waals surface area (Å²) in [7, 11) is 0. The maximum atomic E-state index is 10.2. The van der Waals surface area contributed by atoms with Crippen molar-refractivity contribution >= 4 is 0 Å². The van der Waals surface area contributed by atoms with Gasteiger partial charge in [0.15, 0.2) is 5.79 Å². The lowest BCUT2D eigenvalue weighted by Gasteiger charge is -2.58. The summed E-state index contributed by atoms with van der Waals surface area (Å²) in [5.41, 5.74) is -0.508. The summed E-state index contributed by atoms with van der Waals surface area (Å²) in [6, 6.07) is 0. The normalized spacial score (nSPS) is 50.5. The number of rotatable bonds is 0. The molecule has 0 aliphatic carbocycles. The molecule has 0 amide bonds. The molecule has 0 aromatic rings. The van der Waals surface area contributed by atoms with Gasteiger partial charge in [-0.2, -0.15) is 0 Å². The lowest BCUT2D eigenvalue weighted by atomic mass is 9.66. The van der Waals surface area contributed by atoms with Gasteiger partial charge in [-0.1, -0.05) is 27.7 Å². The average Bonchev–Trinajstić information content (AvgIpc) is 2.27. The van der Waals surface area contributed by atoms with Crippen molar-refractivity contribution in [2.75, 3.05) is 13.2 Å². The topological polar surface area (TPSA) is 58.9 Å². The molecule has 1 spiro atoms. The smallest absolute Gasteiger partial charge is 0.180 e. The Morgan fingerprint density at radius 2 is 1.76 bits per heavy atom. The van der Waals surface area contributed by atoms with Crippen LogP contribution in [0.4, 0.5) is 0 Å². The molecule has 0 aromatic heterocycles. The van der Waals surface area contributed by atoms with Gasteiger partial charge in [0, 0.05) is 17.3 Å². The standard InChI is InChI=1S/C13H24O4/c1-8-7-17-13(9(2)11(8)15)12(3,4)10(14)5-6-16-13/h8-11,14-15H,5-7H2,1-4H3/t8-,9+,10-,11-,13+/m0/s1. The molecule has 2 fully saturated rings. The molecule has 0 bridgehead atoms. The van der Waals surface area contributed by atoms with Gasteiger partial charge < -0.3 is 19.7 Å². The van der Waals surface area contributed by atoms with Crippen molar-refractivity contribution in [2.45, 2.75) is 52.1 Å². The van der Waals surface area contributed by atoms with Crippen molar-refractivity contribution in [3.8, 4) is 0 Å². The zero-order valence-electron chi connectivity index (χ0n) is 11.1. The van der Waals surface area contributed by atoms with E-state index in [4.69, 9.17) is 9.47 Å². The summed E-state index contributed by atoms with van der Waals surface area (Å²) in [5.74, 6) is -0.901. The molecule has 0 saturated carbocycles. The van der Waals surface area contributed by atoms with Crippen LogP contribution in [-0.4, -0.2) is 41.4 Å². The van der Waals surface area contributed by atoms with Gasteiger partial charge in [0.25, 0.3) is 0 Å². The Bertz CT molecular complexity index is 291. The molecular formula is C13H24O4. The van der Waals surface area contributed by atoms with Gasteiger partial charge in [0.05, 0.1) is 25.4 Å². The van der Waals surface area contributed by atoms with E-state index in [-0.39, 0.29) is 11.8 Å². The molecule has 0 aromatic carbocycles. The highest BCUT2D eigenvalue weighted by atomic mass is 16.7. The molecule has 4 heteroatoms. The third kappa shape index (κ3) is 1.73. The van der Waals surface area contributed by atoms with E-state index in [1.54, 1.807) is 0 Å². The number of hydrogen-bond donors (Lipinski definition) is 2. The second kappa shape index (κ2) is 4.19. The molecule has 0 radical (unpaired) electrons. The van der Waals surface area contributed by atoms with Crippen LogP contribution < -0.4 is 0 Å². The molecular weight excluding hydrogens is 220 g/mol. The van der Waals surface area contributed by atoms with Crippen LogP contribution in [-0.2, 0) is 9.47 Å². The van der Waals surface area contributed by atoms with Gasteiger partial charge in [0.2, 0.25) is 0 Å². The van der Waals surface area contributed by atoms with E-state index in [0.717, 1.165) is 0 Å². The van der Waals surface area contributed by atoms with E-state index >= 15 is 0 Å². The fraction of sp³-hybridized carbons (Fsp3) is 1.00. The largest absolute Gasteiger partial charge is 0.392 e. The first-order chi connectivity index (χ1) is 7.83. The second-order valence-electron chi connectivity index (χ2n) is 6.11. The van der Waals surface area contributed by atoms with Crippen LogP contribution in [0.25, 0.3) is 0 Å². The average molecular weight is 244 g/mol. The fourth-order valence-corrected chi connectivity index (χ4v) is 3.25.